The monoisotopic (exact) mass is 1890 g/mol. The van der Waals surface area contributed by atoms with E-state index in [1.807, 2.05) is 5.32 Å². The van der Waals surface area contributed by atoms with Crippen molar-refractivity contribution in [3.8, 4) is 0 Å². The molecule has 8 saturated heterocycles. The molecule has 0 aromatic heterocycles. The fourth-order valence-electron chi connectivity index (χ4n) is 16.3. The molecule has 59 nitrogen and oxygen atoms in total. The lowest BCUT2D eigenvalue weighted by Gasteiger charge is -2.53. The molecule has 59 heteroatoms. The standard InChI is InChI=1S/C70H113N5O54/c1-18(85)71-35-22(89)5-67(63(107)108,124-53(35)40(96)26(93)9-76)122-30(13-80)44(100)55-36(72-19(2)86)23(90)6-68(126-55,64(109)110)123-31(14-81)45(101)56-37(73-20(3)87)24(91)7-70(127-56,66(113)114)129-58-49(105)62(119-50-32(15-82)115-59(106)47(103)46(50)102)118-33(16-83)51(58)120-60-39(74-21(4)88)52(42(98)28(11-78)116-60)121-61-48(104)57(43(99)29(12-79)117-61)128-69(65(111)112)8-25(92)38(75-34(95)17-84)54(125-69)41(97)27(94)10-77/h22-33,35-62,76-84,89-94,96-106H,5-17H2,1-4H3,(H,71,85)(H,72,86)(H,73,87)(H,74,88)(H,75,95)(H,107,108)(H,109,110)(H,111,112)(H,113,114)/t22-,23-,24-,25-,26+,27+,28+,29+,30+,31+,32+,33+,35+,36+,37+,38+,39+,40+,41+,42-,43-,44+,45+,46+,47+,48+,49+,50+,51-,52+,53+,54+,55+,56+,57-,58+,59+,60-,61-,62-,67+,68+,69-,70-/m0/s1. The van der Waals surface area contributed by atoms with Crippen molar-refractivity contribution >= 4 is 53.4 Å². The van der Waals surface area contributed by atoms with Gasteiger partial charge in [0.1, 0.15) is 177 Å². The zero-order valence-electron chi connectivity index (χ0n) is 68.5. The quantitative estimate of drug-likeness (QED) is 0.0271. The van der Waals surface area contributed by atoms with Crippen LogP contribution in [0.5, 0.6) is 0 Å². The van der Waals surface area contributed by atoms with Crippen LogP contribution in [-0.2, 0) is 114 Å². The molecule has 0 aromatic carbocycles. The maximum Gasteiger partial charge on any atom is 0.364 e. The summed E-state index contributed by atoms with van der Waals surface area (Å²) in [5.74, 6) is -29.9. The van der Waals surface area contributed by atoms with Crippen LogP contribution in [0.15, 0.2) is 0 Å². The molecule has 44 atom stereocenters. The zero-order chi connectivity index (χ0) is 96.6. The Morgan fingerprint density at radius 1 is 0.333 bits per heavy atom. The van der Waals surface area contributed by atoms with Gasteiger partial charge >= 0.3 is 23.9 Å². The fourth-order valence-corrected chi connectivity index (χ4v) is 16.3. The smallest absolute Gasteiger partial charge is 0.364 e. The summed E-state index contributed by atoms with van der Waals surface area (Å²) in [6.07, 6.45) is -93.1. The van der Waals surface area contributed by atoms with Crippen LogP contribution in [0, 0.1) is 0 Å². The highest BCUT2D eigenvalue weighted by Crippen LogP contribution is 2.46. The molecule has 0 bridgehead atoms. The van der Waals surface area contributed by atoms with Gasteiger partial charge in [-0.3, -0.25) is 24.0 Å². The minimum atomic E-state index is -3.90. The number of nitrogens with one attached hydrogen (secondary N) is 5. The van der Waals surface area contributed by atoms with Crippen molar-refractivity contribution < 1.29 is 267 Å². The van der Waals surface area contributed by atoms with Crippen LogP contribution in [0.25, 0.3) is 0 Å². The lowest BCUT2D eigenvalue weighted by molar-refractivity contribution is -0.405. The molecular formula is C70H113N5O54. The maximum absolute atomic E-state index is 14.5. The van der Waals surface area contributed by atoms with E-state index >= 15 is 0 Å². The summed E-state index contributed by atoms with van der Waals surface area (Å²) in [7, 11) is 0. The van der Waals surface area contributed by atoms with Crippen LogP contribution in [0.1, 0.15) is 53.4 Å². The van der Waals surface area contributed by atoms with Gasteiger partial charge in [0.25, 0.3) is 23.1 Å². The number of carbonyl (C=O) groups is 9. The molecule has 8 heterocycles. The van der Waals surface area contributed by atoms with Crippen molar-refractivity contribution in [3.63, 3.8) is 0 Å². The van der Waals surface area contributed by atoms with E-state index in [4.69, 9.17) is 71.1 Å². The Kier molecular flexibility index (Phi) is 37.9. The Hall–Kier alpha value is -6.41. The van der Waals surface area contributed by atoms with Gasteiger partial charge in [-0.15, -0.1) is 0 Å². The van der Waals surface area contributed by atoms with Crippen LogP contribution in [0.4, 0.5) is 0 Å². The van der Waals surface area contributed by atoms with E-state index in [0.717, 1.165) is 27.7 Å². The molecular weight excluding hydrogens is 1770 g/mol. The number of aliphatic carboxylic acids is 4. The van der Waals surface area contributed by atoms with E-state index < -0.39 is 406 Å². The number of aliphatic hydroxyl groups is 26. The number of hydrogen-bond donors (Lipinski definition) is 35. The van der Waals surface area contributed by atoms with Crippen molar-refractivity contribution in [1.29, 1.82) is 0 Å². The SMILES string of the molecule is CC(=O)N[C@H]1[C@H](O[C@@H]2[C@H](O[C@]3(C(=O)O)C[C@H](O)[C@@H](NC(C)=O)[C@H]([C@H](O)[C@@H](CO)O[C@]4(C(=O)O)C[C@H](O)[C@@H](NC(C)=O)[C@H]([C@H](O)[C@@H](CO)O[C@]5(C(=O)O)C[C@H](O)[C@@H](NC(C)=O)[C@H]([C@H](O)[C@H](O)CO)O5)O4)O3)[C@@H](O)[C@H](O[C@H]3[C@H](O)[C@@H](O)[C@H](O)O[C@@H]3CO)O[C@@H]2CO)O[C@H](CO)[C@H](O)[C@@H]1O[C@@H]1O[C@H](CO)[C@H](O)[C@H](O[C@]2(C(=O)O)C[C@H](O)[C@@H](NC(=O)CO)[C@H]([C@H](O)[C@H](O)CO)O2)[C@H]1O. The van der Waals surface area contributed by atoms with Gasteiger partial charge in [-0.1, -0.05) is 0 Å². The van der Waals surface area contributed by atoms with E-state index in [1.165, 1.54) is 0 Å². The second kappa shape index (κ2) is 45.3. The molecule has 35 N–H and O–H groups in total. The normalized spacial score (nSPS) is 42.3. The average molecular weight is 1890 g/mol. The minimum absolute atomic E-state index is 0.750. The van der Waals surface area contributed by atoms with Crippen molar-refractivity contribution in [2.45, 2.75) is 321 Å². The van der Waals surface area contributed by atoms with Crippen molar-refractivity contribution in [1.82, 2.24) is 26.6 Å². The molecule has 129 heavy (non-hydrogen) atoms. The van der Waals surface area contributed by atoms with Gasteiger partial charge in [-0.05, 0) is 0 Å². The van der Waals surface area contributed by atoms with Gasteiger partial charge < -0.3 is 251 Å². The van der Waals surface area contributed by atoms with Gasteiger partial charge in [0.05, 0.1) is 101 Å². The van der Waals surface area contributed by atoms with Gasteiger partial charge in [0, 0.05) is 53.4 Å². The van der Waals surface area contributed by atoms with Crippen molar-refractivity contribution in [3.05, 3.63) is 0 Å². The number of carbonyl (C=O) groups excluding carboxylic acids is 5. The third-order valence-electron chi connectivity index (χ3n) is 22.7. The van der Waals surface area contributed by atoms with E-state index in [9.17, 15) is 196 Å². The number of hydrogen-bond acceptors (Lipinski definition) is 50. The summed E-state index contributed by atoms with van der Waals surface area (Å²) in [5, 5.41) is 345. The molecule has 0 unspecified atom stereocenters. The highest BCUT2D eigenvalue weighted by Gasteiger charge is 2.67. The van der Waals surface area contributed by atoms with Crippen LogP contribution >= 0.6 is 0 Å². The van der Waals surface area contributed by atoms with Gasteiger partial charge in [0.15, 0.2) is 25.2 Å². The van der Waals surface area contributed by atoms with Crippen molar-refractivity contribution in [2.24, 2.45) is 0 Å². The molecule has 5 amide bonds. The number of amides is 5. The van der Waals surface area contributed by atoms with Gasteiger partial charge in [-0.25, -0.2) is 19.2 Å². The third kappa shape index (κ3) is 23.6. The summed E-state index contributed by atoms with van der Waals surface area (Å²) in [6.45, 7) is -9.64. The van der Waals surface area contributed by atoms with Gasteiger partial charge in [0.2, 0.25) is 29.5 Å². The molecule has 0 spiro atoms. The summed E-state index contributed by atoms with van der Waals surface area (Å²) in [6, 6.07) is -10.6. The molecule has 8 aliphatic rings. The van der Waals surface area contributed by atoms with Crippen LogP contribution in [0.2, 0.25) is 0 Å². The summed E-state index contributed by atoms with van der Waals surface area (Å²) < 4.78 is 87.4. The van der Waals surface area contributed by atoms with Crippen LogP contribution in [-0.4, -0.2) is 534 Å². The molecule has 8 rings (SSSR count). The molecule has 0 aliphatic carbocycles. The summed E-state index contributed by atoms with van der Waals surface area (Å²) in [4.78, 5) is 119. The van der Waals surface area contributed by atoms with E-state index in [2.05, 4.69) is 21.3 Å². The lowest BCUT2D eigenvalue weighted by atomic mass is 9.86. The van der Waals surface area contributed by atoms with E-state index in [1.54, 1.807) is 0 Å². The summed E-state index contributed by atoms with van der Waals surface area (Å²) in [5.41, 5.74) is 0. The molecule has 0 saturated carbocycles. The van der Waals surface area contributed by atoms with E-state index in [-0.39, 0.29) is 0 Å². The minimum Gasteiger partial charge on any atom is -0.477 e. The predicted octanol–water partition coefficient (Wildman–Crippen LogP) is -21.9. The largest absolute Gasteiger partial charge is 0.477 e. The second-order valence-electron chi connectivity index (χ2n) is 31.8. The Balaban J connectivity index is 1.19. The number of carboxylic acid groups (broad SMARTS) is 4. The first-order valence-electron chi connectivity index (χ1n) is 39.8. The van der Waals surface area contributed by atoms with E-state index in [0.29, 0.717) is 0 Å². The predicted molar refractivity (Wildman–Crippen MR) is 393 cm³/mol. The number of carboxylic acids is 4. The lowest BCUT2D eigenvalue weighted by Crippen LogP contribution is -2.73. The highest BCUT2D eigenvalue weighted by molar-refractivity contribution is 5.80. The number of ether oxygens (including phenoxy) is 15. The van der Waals surface area contributed by atoms with Gasteiger partial charge in [-0.2, -0.15) is 0 Å². The maximum atomic E-state index is 14.5. The average Bonchev–Trinajstić information content (AvgIpc) is 0.737. The fraction of sp³-hybridized carbons (Fsp3) is 0.871. The number of rotatable bonds is 40. The topological polar surface area (TPSA) is 959 Å². The molecule has 8 aliphatic heterocycles. The van der Waals surface area contributed by atoms with Crippen LogP contribution < -0.4 is 26.6 Å². The first-order chi connectivity index (χ1) is 60.4. The first kappa shape index (κ1) is 108. The number of aliphatic hydroxyl groups excluding tert-OH is 26. The van der Waals surface area contributed by atoms with Crippen molar-refractivity contribution in [2.75, 3.05) is 59.5 Å². The Labute approximate surface area is 726 Å². The molecule has 742 valence electrons. The zero-order valence-corrected chi connectivity index (χ0v) is 68.5. The van der Waals surface area contributed by atoms with Crippen LogP contribution in [0.3, 0.4) is 0 Å². The molecule has 0 radical (unpaired) electrons. The highest BCUT2D eigenvalue weighted by atomic mass is 16.8. The Morgan fingerprint density at radius 3 is 1.01 bits per heavy atom. The molecule has 0 aromatic rings. The first-order valence-corrected chi connectivity index (χ1v) is 39.8. The third-order valence-corrected chi connectivity index (χ3v) is 22.7. The Morgan fingerprint density at radius 2 is 0.643 bits per heavy atom. The molecule has 8 fully saturated rings. The Bertz CT molecular complexity index is 3740. The second-order valence-corrected chi connectivity index (χ2v) is 31.8. The summed E-state index contributed by atoms with van der Waals surface area (Å²) >= 11 is 0.